The van der Waals surface area contributed by atoms with Gasteiger partial charge in [0.1, 0.15) is 0 Å². The van der Waals surface area contributed by atoms with Gasteiger partial charge in [0.15, 0.2) is 5.69 Å². The molecule has 1 fully saturated rings. The highest BCUT2D eigenvalue weighted by Gasteiger charge is 2.18. The van der Waals surface area contributed by atoms with Crippen molar-refractivity contribution >= 4 is 27.5 Å². The Labute approximate surface area is 149 Å². The van der Waals surface area contributed by atoms with E-state index in [1.54, 1.807) is 4.68 Å². The van der Waals surface area contributed by atoms with Crippen LogP contribution in [0.5, 0.6) is 0 Å². The molecule has 2 heterocycles. The Hall–Kier alpha value is -1.70. The lowest BCUT2D eigenvalue weighted by Gasteiger charge is -2.26. The predicted octanol–water partition coefficient (Wildman–Crippen LogP) is 2.58. The van der Waals surface area contributed by atoms with Gasteiger partial charge in [0.25, 0.3) is 5.91 Å². The molecule has 1 aromatic carbocycles. The second-order valence-electron chi connectivity index (χ2n) is 5.91. The van der Waals surface area contributed by atoms with E-state index in [1.165, 1.54) is 5.56 Å². The molecule has 1 saturated heterocycles. The Morgan fingerprint density at radius 2 is 2.12 bits per heavy atom. The molecule has 6 nitrogen and oxygen atoms in total. The molecule has 0 radical (unpaired) electrons. The van der Waals surface area contributed by atoms with E-state index < -0.39 is 0 Å². The van der Waals surface area contributed by atoms with Gasteiger partial charge in [0.2, 0.25) is 0 Å². The third kappa shape index (κ3) is 3.85. The van der Waals surface area contributed by atoms with Crippen LogP contribution in [0.25, 0.3) is 0 Å². The van der Waals surface area contributed by atoms with E-state index in [4.69, 9.17) is 4.74 Å². The second kappa shape index (κ2) is 7.46. The molecule has 128 valence electrons. The molecule has 7 heteroatoms. The van der Waals surface area contributed by atoms with Gasteiger partial charge < -0.3 is 10.1 Å². The van der Waals surface area contributed by atoms with Crippen molar-refractivity contribution in [2.45, 2.75) is 13.5 Å². The highest BCUT2D eigenvalue weighted by Crippen LogP contribution is 2.21. The summed E-state index contributed by atoms with van der Waals surface area (Å²) in [6.07, 6.45) is 0. The summed E-state index contributed by atoms with van der Waals surface area (Å²) in [5, 5.41) is 7.19. The van der Waals surface area contributed by atoms with Gasteiger partial charge in [-0.25, -0.2) is 0 Å². The maximum atomic E-state index is 12.5. The summed E-state index contributed by atoms with van der Waals surface area (Å²) < 4.78 is 7.79. The van der Waals surface area contributed by atoms with E-state index in [0.29, 0.717) is 5.69 Å². The number of hydrogen-bond acceptors (Lipinski definition) is 4. The number of benzene rings is 1. The third-order valence-electron chi connectivity index (χ3n) is 4.17. The summed E-state index contributed by atoms with van der Waals surface area (Å²) in [6, 6.07) is 7.94. The van der Waals surface area contributed by atoms with Crippen LogP contribution in [-0.4, -0.2) is 46.9 Å². The molecule has 0 unspecified atom stereocenters. The van der Waals surface area contributed by atoms with Crippen LogP contribution < -0.4 is 5.32 Å². The average Bonchev–Trinajstić information content (AvgIpc) is 2.84. The molecule has 0 aliphatic carbocycles. The van der Waals surface area contributed by atoms with Crippen LogP contribution in [0.2, 0.25) is 0 Å². The number of amides is 1. The molecular weight excluding hydrogens is 372 g/mol. The van der Waals surface area contributed by atoms with Crippen molar-refractivity contribution in [1.82, 2.24) is 14.7 Å². The predicted molar refractivity (Wildman–Crippen MR) is 96.1 cm³/mol. The Kier molecular flexibility index (Phi) is 5.33. The Morgan fingerprint density at radius 1 is 1.38 bits per heavy atom. The van der Waals surface area contributed by atoms with Gasteiger partial charge in [-0.1, -0.05) is 12.1 Å². The van der Waals surface area contributed by atoms with E-state index in [0.717, 1.165) is 48.7 Å². The summed E-state index contributed by atoms with van der Waals surface area (Å²) in [5.41, 5.74) is 3.27. The van der Waals surface area contributed by atoms with E-state index in [2.05, 4.69) is 37.3 Å². The monoisotopic (exact) mass is 392 g/mol. The minimum atomic E-state index is -0.214. The lowest BCUT2D eigenvalue weighted by molar-refractivity contribution is 0.0342. The SMILES string of the molecule is Cc1c(Br)c(C(=O)Nc2cccc(CN3CCOCC3)c2)nn1C. The largest absolute Gasteiger partial charge is 0.379 e. The number of nitrogens with zero attached hydrogens (tertiary/aromatic N) is 3. The molecule has 1 N–H and O–H groups in total. The number of carbonyl (C=O) groups excluding carboxylic acids is 1. The lowest BCUT2D eigenvalue weighted by Crippen LogP contribution is -2.35. The number of aryl methyl sites for hydroxylation is 1. The Bertz CT molecular complexity index is 738. The van der Waals surface area contributed by atoms with Gasteiger partial charge in [-0.2, -0.15) is 5.10 Å². The van der Waals surface area contributed by atoms with Gasteiger partial charge >= 0.3 is 0 Å². The number of nitrogens with one attached hydrogen (secondary N) is 1. The summed E-state index contributed by atoms with van der Waals surface area (Å²) in [7, 11) is 1.82. The average molecular weight is 393 g/mol. The van der Waals surface area contributed by atoms with E-state index in [-0.39, 0.29) is 5.91 Å². The molecule has 1 aliphatic rings. The number of morpholine rings is 1. The molecule has 0 bridgehead atoms. The second-order valence-corrected chi connectivity index (χ2v) is 6.71. The zero-order valence-electron chi connectivity index (χ0n) is 13.9. The number of rotatable bonds is 4. The number of hydrogen-bond donors (Lipinski definition) is 1. The zero-order valence-corrected chi connectivity index (χ0v) is 15.5. The highest BCUT2D eigenvalue weighted by atomic mass is 79.9. The first-order chi connectivity index (χ1) is 11.5. The molecule has 0 spiro atoms. The Balaban J connectivity index is 1.69. The zero-order chi connectivity index (χ0) is 17.1. The number of carbonyl (C=O) groups is 1. The number of aromatic nitrogens is 2. The van der Waals surface area contributed by atoms with Crippen LogP contribution in [0.3, 0.4) is 0 Å². The number of ether oxygens (including phenoxy) is 1. The van der Waals surface area contributed by atoms with Gasteiger partial charge in [0.05, 0.1) is 23.4 Å². The fraction of sp³-hybridized carbons (Fsp3) is 0.412. The first-order valence-corrected chi connectivity index (χ1v) is 8.73. The normalized spacial score (nSPS) is 15.5. The van der Waals surface area contributed by atoms with Crippen LogP contribution in [-0.2, 0) is 18.3 Å². The standard InChI is InChI=1S/C17H21BrN4O2/c1-12-15(18)16(20-21(12)2)17(23)19-14-5-3-4-13(10-14)11-22-6-8-24-9-7-22/h3-5,10H,6-9,11H2,1-2H3,(H,19,23). The fourth-order valence-electron chi connectivity index (χ4n) is 2.68. The van der Waals surface area contributed by atoms with Crippen LogP contribution in [0, 0.1) is 6.92 Å². The molecule has 1 aromatic heterocycles. The van der Waals surface area contributed by atoms with Crippen LogP contribution in [0.1, 0.15) is 21.7 Å². The van der Waals surface area contributed by atoms with Crippen molar-refractivity contribution < 1.29 is 9.53 Å². The number of halogens is 1. The van der Waals surface area contributed by atoms with Crippen molar-refractivity contribution in [3.63, 3.8) is 0 Å². The van der Waals surface area contributed by atoms with Crippen molar-refractivity contribution in [1.29, 1.82) is 0 Å². The van der Waals surface area contributed by atoms with Crippen molar-refractivity contribution in [3.8, 4) is 0 Å². The molecule has 2 aromatic rings. The van der Waals surface area contributed by atoms with Gasteiger partial charge in [-0.3, -0.25) is 14.4 Å². The maximum Gasteiger partial charge on any atom is 0.277 e. The topological polar surface area (TPSA) is 59.4 Å². The third-order valence-corrected chi connectivity index (χ3v) is 5.12. The first-order valence-electron chi connectivity index (χ1n) is 7.94. The van der Waals surface area contributed by atoms with E-state index >= 15 is 0 Å². The summed E-state index contributed by atoms with van der Waals surface area (Å²) in [6.45, 7) is 6.22. The molecule has 24 heavy (non-hydrogen) atoms. The van der Waals surface area contributed by atoms with Crippen molar-refractivity contribution in [2.24, 2.45) is 7.05 Å². The molecule has 3 rings (SSSR count). The van der Waals surface area contributed by atoms with Crippen LogP contribution in [0.15, 0.2) is 28.7 Å². The molecule has 0 atom stereocenters. The van der Waals surface area contributed by atoms with E-state index in [9.17, 15) is 4.79 Å². The van der Waals surface area contributed by atoms with Gasteiger partial charge in [-0.05, 0) is 40.5 Å². The van der Waals surface area contributed by atoms with Gasteiger partial charge in [0, 0.05) is 32.4 Å². The van der Waals surface area contributed by atoms with Crippen molar-refractivity contribution in [2.75, 3.05) is 31.6 Å². The summed E-state index contributed by atoms with van der Waals surface area (Å²) in [4.78, 5) is 14.8. The fourth-order valence-corrected chi connectivity index (χ4v) is 3.20. The molecular formula is C17H21BrN4O2. The van der Waals surface area contributed by atoms with Crippen molar-refractivity contribution in [3.05, 3.63) is 45.7 Å². The smallest absolute Gasteiger partial charge is 0.277 e. The minimum Gasteiger partial charge on any atom is -0.379 e. The lowest BCUT2D eigenvalue weighted by atomic mass is 10.1. The molecule has 1 aliphatic heterocycles. The molecule has 1 amide bonds. The van der Waals surface area contributed by atoms with Crippen LogP contribution in [0.4, 0.5) is 5.69 Å². The Morgan fingerprint density at radius 3 is 2.79 bits per heavy atom. The summed E-state index contributed by atoms with van der Waals surface area (Å²) in [5.74, 6) is -0.214. The van der Waals surface area contributed by atoms with Crippen LogP contribution >= 0.6 is 15.9 Å². The quantitative estimate of drug-likeness (QED) is 0.868. The highest BCUT2D eigenvalue weighted by molar-refractivity contribution is 9.10. The first kappa shape index (κ1) is 17.1. The minimum absolute atomic E-state index is 0.214. The van der Waals surface area contributed by atoms with E-state index in [1.807, 2.05) is 32.2 Å². The summed E-state index contributed by atoms with van der Waals surface area (Å²) >= 11 is 3.43. The molecule has 0 saturated carbocycles. The number of anilines is 1. The van der Waals surface area contributed by atoms with Gasteiger partial charge in [-0.15, -0.1) is 0 Å². The maximum absolute atomic E-state index is 12.5.